The van der Waals surface area contributed by atoms with Gasteiger partial charge in [0.2, 0.25) is 0 Å². The molecule has 16 heavy (non-hydrogen) atoms. The topological polar surface area (TPSA) is 0 Å². The molecule has 1 atom stereocenters. The zero-order valence-electron chi connectivity index (χ0n) is 8.68. The van der Waals surface area contributed by atoms with Crippen LogP contribution in [0.5, 0.6) is 0 Å². The van der Waals surface area contributed by atoms with Crippen molar-refractivity contribution in [2.45, 2.75) is 17.7 Å². The average molecular weight is 264 g/mol. The maximum absolute atomic E-state index is 12.7. The third-order valence-corrected chi connectivity index (χ3v) is 5.28. The number of halogens is 4. The van der Waals surface area contributed by atoms with Gasteiger partial charge in [-0.3, -0.25) is 0 Å². The van der Waals surface area contributed by atoms with Crippen LogP contribution in [0.3, 0.4) is 0 Å². The van der Waals surface area contributed by atoms with E-state index < -0.39 is 25.5 Å². The molecule has 0 aliphatic heterocycles. The molecule has 0 amide bonds. The quantitative estimate of drug-likeness (QED) is 0.561. The predicted molar refractivity (Wildman–Crippen MR) is 61.9 cm³/mol. The van der Waals surface area contributed by atoms with E-state index in [4.69, 9.17) is 11.6 Å². The minimum atomic E-state index is -4.35. The maximum atomic E-state index is 12.7. The molecule has 87 valence electrons. The van der Waals surface area contributed by atoms with Gasteiger partial charge >= 0.3 is 6.18 Å². The minimum Gasteiger partial charge on any atom is -0.166 e. The second-order valence-electron chi connectivity index (χ2n) is 3.40. The first kappa shape index (κ1) is 13.3. The van der Waals surface area contributed by atoms with Crippen LogP contribution in [0.2, 0.25) is 6.55 Å². The molecule has 1 rings (SSSR count). The van der Waals surface area contributed by atoms with Gasteiger partial charge in [0.1, 0.15) is 0 Å². The first-order chi connectivity index (χ1) is 7.38. The molecule has 0 bridgehead atoms. The zero-order chi connectivity index (χ0) is 12.3. The fourth-order valence-electron chi connectivity index (χ4n) is 1.32. The van der Waals surface area contributed by atoms with Crippen LogP contribution in [0.1, 0.15) is 16.1 Å². The summed E-state index contributed by atoms with van der Waals surface area (Å²) in [6.07, 6.45) is -4.35. The molecule has 0 fully saturated rings. The van der Waals surface area contributed by atoms with Crippen LogP contribution in [0.25, 0.3) is 0 Å². The van der Waals surface area contributed by atoms with Gasteiger partial charge in [0.25, 0.3) is 0 Å². The molecular formula is C11H11ClF3Si. The van der Waals surface area contributed by atoms with E-state index in [-0.39, 0.29) is 5.56 Å². The second-order valence-corrected chi connectivity index (χ2v) is 6.67. The van der Waals surface area contributed by atoms with Crippen LogP contribution in [0.4, 0.5) is 13.2 Å². The summed E-state index contributed by atoms with van der Waals surface area (Å²) in [4.78, 5) is 0. The molecule has 1 aromatic rings. The summed E-state index contributed by atoms with van der Waals surface area (Å²) >= 11 is 6.04. The summed E-state index contributed by atoms with van der Waals surface area (Å²) in [5.41, 5.74) is 1.14. The lowest BCUT2D eigenvalue weighted by atomic mass is 10.1. The Morgan fingerprint density at radius 1 is 1.38 bits per heavy atom. The summed E-state index contributed by atoms with van der Waals surface area (Å²) in [5.74, 6) is 0. The normalized spacial score (nSPS) is 13.9. The highest BCUT2D eigenvalue weighted by molar-refractivity contribution is 6.72. The van der Waals surface area contributed by atoms with E-state index in [0.29, 0.717) is 0 Å². The van der Waals surface area contributed by atoms with Crippen LogP contribution in [-0.2, 0) is 6.18 Å². The zero-order valence-corrected chi connectivity index (χ0v) is 10.4. The number of hydrogen-bond donors (Lipinski definition) is 0. The first-order valence-corrected chi connectivity index (χ1v) is 7.23. The molecule has 5 heteroatoms. The standard InChI is InChI=1S/C11H11ClF3Si/c1-3-16(2)10(12)8-6-4-5-7-9(8)11(13,14)15/h3-7,10H,1H2,2H3. The first-order valence-electron chi connectivity index (χ1n) is 4.64. The largest absolute Gasteiger partial charge is 0.416 e. The van der Waals surface area contributed by atoms with Crippen LogP contribution in [0.15, 0.2) is 36.5 Å². The summed E-state index contributed by atoms with van der Waals surface area (Å²) < 4.78 is 38.1. The molecule has 0 heterocycles. The van der Waals surface area contributed by atoms with Crippen LogP contribution in [-0.4, -0.2) is 8.80 Å². The lowest BCUT2D eigenvalue weighted by Gasteiger charge is -2.18. The van der Waals surface area contributed by atoms with Crippen molar-refractivity contribution in [3.63, 3.8) is 0 Å². The Hall–Kier alpha value is -0.743. The maximum Gasteiger partial charge on any atom is 0.416 e. The molecule has 0 saturated heterocycles. The van der Waals surface area contributed by atoms with E-state index >= 15 is 0 Å². The van der Waals surface area contributed by atoms with Gasteiger partial charge in [-0.1, -0.05) is 24.7 Å². The Kier molecular flexibility index (Phi) is 4.21. The lowest BCUT2D eigenvalue weighted by molar-refractivity contribution is -0.138. The summed E-state index contributed by atoms with van der Waals surface area (Å²) in [5, 5.41) is -0.611. The van der Waals surface area contributed by atoms with Crippen molar-refractivity contribution in [3.8, 4) is 0 Å². The van der Waals surface area contributed by atoms with E-state index in [1.54, 1.807) is 11.8 Å². The summed E-state index contributed by atoms with van der Waals surface area (Å²) in [6.45, 7) is 5.41. The van der Waals surface area contributed by atoms with Crippen molar-refractivity contribution in [2.24, 2.45) is 0 Å². The van der Waals surface area contributed by atoms with E-state index in [2.05, 4.69) is 6.58 Å². The molecule has 0 N–H and O–H groups in total. The second kappa shape index (κ2) is 5.06. The molecule has 0 aromatic heterocycles. The van der Waals surface area contributed by atoms with E-state index in [1.807, 2.05) is 6.55 Å². The SMILES string of the molecule is C=C[Si](C)C(Cl)c1ccccc1C(F)(F)F. The molecule has 0 spiro atoms. The fourth-order valence-corrected chi connectivity index (χ4v) is 2.73. The van der Waals surface area contributed by atoms with E-state index in [9.17, 15) is 13.2 Å². The Balaban J connectivity index is 3.18. The molecule has 1 radical (unpaired) electrons. The van der Waals surface area contributed by atoms with Gasteiger partial charge in [-0.25, -0.2) is 0 Å². The highest BCUT2D eigenvalue weighted by Crippen LogP contribution is 2.37. The van der Waals surface area contributed by atoms with Crippen LogP contribution < -0.4 is 0 Å². The fraction of sp³-hybridized carbons (Fsp3) is 0.273. The van der Waals surface area contributed by atoms with Gasteiger partial charge in [0.05, 0.1) is 19.4 Å². The monoisotopic (exact) mass is 263 g/mol. The van der Waals surface area contributed by atoms with Gasteiger partial charge in [-0.2, -0.15) is 13.2 Å². The molecule has 0 saturated carbocycles. The number of alkyl halides is 4. The molecule has 1 aromatic carbocycles. The summed E-state index contributed by atoms with van der Waals surface area (Å²) in [6, 6.07) is 5.42. The van der Waals surface area contributed by atoms with Crippen molar-refractivity contribution in [2.75, 3.05) is 0 Å². The van der Waals surface area contributed by atoms with Gasteiger partial charge in [-0.15, -0.1) is 23.9 Å². The highest BCUT2D eigenvalue weighted by Gasteiger charge is 2.35. The Bertz CT molecular complexity index is 376. The molecular weight excluding hydrogens is 253 g/mol. The smallest absolute Gasteiger partial charge is 0.166 e. The Morgan fingerprint density at radius 3 is 2.44 bits per heavy atom. The van der Waals surface area contributed by atoms with Crippen LogP contribution >= 0.6 is 11.6 Å². The molecule has 0 aliphatic carbocycles. The van der Waals surface area contributed by atoms with E-state index in [0.717, 1.165) is 6.07 Å². The lowest BCUT2D eigenvalue weighted by Crippen LogP contribution is -2.17. The third kappa shape index (κ3) is 2.89. The van der Waals surface area contributed by atoms with Crippen molar-refractivity contribution in [1.29, 1.82) is 0 Å². The average Bonchev–Trinajstić information content (AvgIpc) is 2.26. The van der Waals surface area contributed by atoms with Crippen molar-refractivity contribution < 1.29 is 13.2 Å². The van der Waals surface area contributed by atoms with Crippen LogP contribution in [0, 0.1) is 0 Å². The van der Waals surface area contributed by atoms with Gasteiger partial charge in [-0.05, 0) is 11.6 Å². The highest BCUT2D eigenvalue weighted by atomic mass is 35.5. The van der Waals surface area contributed by atoms with Gasteiger partial charge < -0.3 is 0 Å². The minimum absolute atomic E-state index is 0.146. The number of benzene rings is 1. The third-order valence-electron chi connectivity index (χ3n) is 2.26. The number of hydrogen-bond acceptors (Lipinski definition) is 0. The van der Waals surface area contributed by atoms with Crippen molar-refractivity contribution in [3.05, 3.63) is 47.7 Å². The molecule has 1 unspecified atom stereocenters. The van der Waals surface area contributed by atoms with Crippen molar-refractivity contribution >= 4 is 20.4 Å². The number of rotatable bonds is 3. The predicted octanol–water partition coefficient (Wildman–Crippen LogP) is 4.37. The van der Waals surface area contributed by atoms with Crippen molar-refractivity contribution in [1.82, 2.24) is 0 Å². The van der Waals surface area contributed by atoms with Gasteiger partial charge in [0, 0.05) is 0 Å². The van der Waals surface area contributed by atoms with E-state index in [1.165, 1.54) is 12.1 Å². The van der Waals surface area contributed by atoms with Gasteiger partial charge in [0.15, 0.2) is 0 Å². The molecule has 0 nitrogen and oxygen atoms in total. The summed E-state index contributed by atoms with van der Waals surface area (Å²) in [7, 11) is -1.21. The Morgan fingerprint density at radius 2 is 1.94 bits per heavy atom. The Labute approximate surface area is 99.3 Å². The molecule has 0 aliphatic rings.